The lowest BCUT2D eigenvalue weighted by atomic mass is 9.99. The van der Waals surface area contributed by atoms with Crippen LogP contribution in [0.2, 0.25) is 0 Å². The molecule has 2 aliphatic heterocycles. The first kappa shape index (κ1) is 13.9. The highest BCUT2D eigenvalue weighted by Crippen LogP contribution is 2.36. The van der Waals surface area contributed by atoms with Crippen LogP contribution in [-0.2, 0) is 0 Å². The highest BCUT2D eigenvalue weighted by Gasteiger charge is 2.37. The van der Waals surface area contributed by atoms with Gasteiger partial charge in [0, 0.05) is 25.3 Å². The van der Waals surface area contributed by atoms with Gasteiger partial charge in [0.25, 0.3) is 0 Å². The van der Waals surface area contributed by atoms with Crippen molar-refractivity contribution in [3.8, 4) is 0 Å². The Bertz CT molecular complexity index is 451. The van der Waals surface area contributed by atoms with Gasteiger partial charge in [-0.05, 0) is 38.6 Å². The van der Waals surface area contributed by atoms with Crippen LogP contribution in [0.3, 0.4) is 0 Å². The van der Waals surface area contributed by atoms with Crippen molar-refractivity contribution in [2.45, 2.75) is 58.5 Å². The molecule has 1 aromatic heterocycles. The van der Waals surface area contributed by atoms with Crippen LogP contribution < -0.4 is 5.32 Å². The molecule has 0 bridgehead atoms. The van der Waals surface area contributed by atoms with Crippen LogP contribution >= 0.6 is 0 Å². The molecule has 0 radical (unpaired) electrons. The van der Waals surface area contributed by atoms with E-state index in [0.29, 0.717) is 12.0 Å². The molecule has 3 rings (SSSR count). The van der Waals surface area contributed by atoms with Crippen molar-refractivity contribution in [3.05, 3.63) is 11.9 Å². The molecule has 2 fully saturated rings. The Kier molecular flexibility index (Phi) is 4.01. The fraction of sp³-hybridized carbons (Fsp3) is 0.812. The molecule has 112 valence electrons. The van der Waals surface area contributed by atoms with Crippen molar-refractivity contribution in [2.75, 3.05) is 25.0 Å². The van der Waals surface area contributed by atoms with Gasteiger partial charge < -0.3 is 9.88 Å². The predicted octanol–water partition coefficient (Wildman–Crippen LogP) is 3.06. The maximum absolute atomic E-state index is 4.70. The highest BCUT2D eigenvalue weighted by atomic mass is 15.3. The fourth-order valence-electron chi connectivity index (χ4n) is 3.74. The summed E-state index contributed by atoms with van der Waals surface area (Å²) in [5.41, 5.74) is 1.13. The SMILES string of the molecule is Cc1cn(C2CCN3CCCCC23)c(NCC(C)C)n1. The molecule has 1 aromatic rings. The van der Waals surface area contributed by atoms with Crippen LogP contribution in [0, 0.1) is 12.8 Å². The van der Waals surface area contributed by atoms with Crippen LogP contribution in [0.1, 0.15) is 51.3 Å². The lowest BCUT2D eigenvalue weighted by molar-refractivity contribution is 0.174. The third-order valence-corrected chi connectivity index (χ3v) is 4.70. The number of hydrogen-bond donors (Lipinski definition) is 1. The summed E-state index contributed by atoms with van der Waals surface area (Å²) in [6.07, 6.45) is 7.64. The Labute approximate surface area is 122 Å². The van der Waals surface area contributed by atoms with E-state index in [1.54, 1.807) is 0 Å². The van der Waals surface area contributed by atoms with Crippen LogP contribution in [0.5, 0.6) is 0 Å². The molecule has 2 unspecified atom stereocenters. The Morgan fingerprint density at radius 1 is 1.25 bits per heavy atom. The van der Waals surface area contributed by atoms with E-state index >= 15 is 0 Å². The van der Waals surface area contributed by atoms with E-state index in [0.717, 1.165) is 24.2 Å². The molecule has 0 spiro atoms. The first-order valence-corrected chi connectivity index (χ1v) is 8.18. The standard InChI is InChI=1S/C16H28N4/c1-12(2)10-17-16-18-13(3)11-20(16)15-7-9-19-8-5-4-6-14(15)19/h11-12,14-15H,4-10H2,1-3H3,(H,17,18). The maximum atomic E-state index is 4.70. The number of aryl methyl sites for hydroxylation is 1. The lowest BCUT2D eigenvalue weighted by Crippen LogP contribution is -2.37. The number of rotatable bonds is 4. The van der Waals surface area contributed by atoms with E-state index in [1.165, 1.54) is 38.8 Å². The van der Waals surface area contributed by atoms with Crippen molar-refractivity contribution < 1.29 is 0 Å². The normalized spacial score (nSPS) is 27.0. The first-order chi connectivity index (χ1) is 9.65. The number of fused-ring (bicyclic) bond motifs is 1. The monoisotopic (exact) mass is 276 g/mol. The third kappa shape index (κ3) is 2.71. The van der Waals surface area contributed by atoms with Gasteiger partial charge in [0.05, 0.1) is 11.7 Å². The van der Waals surface area contributed by atoms with Gasteiger partial charge in [-0.25, -0.2) is 4.98 Å². The molecular formula is C16H28N4. The zero-order valence-corrected chi connectivity index (χ0v) is 13.1. The number of anilines is 1. The number of imidazole rings is 1. The van der Waals surface area contributed by atoms with Gasteiger partial charge >= 0.3 is 0 Å². The van der Waals surface area contributed by atoms with Crippen LogP contribution in [0.4, 0.5) is 5.95 Å². The van der Waals surface area contributed by atoms with E-state index in [2.05, 4.69) is 41.8 Å². The summed E-state index contributed by atoms with van der Waals surface area (Å²) < 4.78 is 2.42. The molecule has 0 amide bonds. The van der Waals surface area contributed by atoms with E-state index in [1.807, 2.05) is 0 Å². The van der Waals surface area contributed by atoms with Gasteiger partial charge in [-0.2, -0.15) is 0 Å². The highest BCUT2D eigenvalue weighted by molar-refractivity contribution is 5.30. The largest absolute Gasteiger partial charge is 0.355 e. The Balaban J connectivity index is 1.79. The quantitative estimate of drug-likeness (QED) is 0.917. The second kappa shape index (κ2) is 5.76. The summed E-state index contributed by atoms with van der Waals surface area (Å²) >= 11 is 0. The average Bonchev–Trinajstić information content (AvgIpc) is 2.99. The predicted molar refractivity (Wildman–Crippen MR) is 83.2 cm³/mol. The van der Waals surface area contributed by atoms with Crippen molar-refractivity contribution in [2.24, 2.45) is 5.92 Å². The summed E-state index contributed by atoms with van der Waals surface area (Å²) in [6, 6.07) is 1.35. The third-order valence-electron chi connectivity index (χ3n) is 4.70. The molecule has 0 aliphatic carbocycles. The van der Waals surface area contributed by atoms with Gasteiger partial charge in [-0.1, -0.05) is 20.3 Å². The molecule has 3 heterocycles. The Morgan fingerprint density at radius 3 is 2.90 bits per heavy atom. The van der Waals surface area contributed by atoms with Crippen molar-refractivity contribution in [1.82, 2.24) is 14.5 Å². The Hall–Kier alpha value is -1.03. The second-order valence-corrected chi connectivity index (χ2v) is 6.84. The topological polar surface area (TPSA) is 33.1 Å². The fourth-order valence-corrected chi connectivity index (χ4v) is 3.74. The molecule has 20 heavy (non-hydrogen) atoms. The number of hydrogen-bond acceptors (Lipinski definition) is 3. The summed E-state index contributed by atoms with van der Waals surface area (Å²) in [6.45, 7) is 10.1. The smallest absolute Gasteiger partial charge is 0.203 e. The molecule has 4 nitrogen and oxygen atoms in total. The summed E-state index contributed by atoms with van der Waals surface area (Å²) in [4.78, 5) is 7.39. The molecule has 1 N–H and O–H groups in total. The molecule has 2 atom stereocenters. The van der Waals surface area contributed by atoms with Crippen LogP contribution in [0.15, 0.2) is 6.20 Å². The van der Waals surface area contributed by atoms with Crippen molar-refractivity contribution in [1.29, 1.82) is 0 Å². The van der Waals surface area contributed by atoms with Gasteiger partial charge in [-0.15, -0.1) is 0 Å². The number of piperidine rings is 1. The van der Waals surface area contributed by atoms with Gasteiger partial charge in [0.15, 0.2) is 0 Å². The molecule has 2 aliphatic rings. The minimum Gasteiger partial charge on any atom is -0.355 e. The van der Waals surface area contributed by atoms with Crippen LogP contribution in [-0.4, -0.2) is 40.1 Å². The van der Waals surface area contributed by atoms with Gasteiger partial charge in [0.2, 0.25) is 5.95 Å². The van der Waals surface area contributed by atoms with Crippen LogP contribution in [0.25, 0.3) is 0 Å². The van der Waals surface area contributed by atoms with E-state index in [-0.39, 0.29) is 0 Å². The molecule has 4 heteroatoms. The Morgan fingerprint density at radius 2 is 2.10 bits per heavy atom. The van der Waals surface area contributed by atoms with Crippen molar-refractivity contribution >= 4 is 5.95 Å². The van der Waals surface area contributed by atoms with Gasteiger partial charge in [0.1, 0.15) is 0 Å². The van der Waals surface area contributed by atoms with E-state index < -0.39 is 0 Å². The number of nitrogens with one attached hydrogen (secondary N) is 1. The summed E-state index contributed by atoms with van der Waals surface area (Å²) in [7, 11) is 0. The number of aromatic nitrogens is 2. The molecule has 0 aromatic carbocycles. The minimum atomic E-state index is 0.617. The molecule has 0 saturated carbocycles. The molecular weight excluding hydrogens is 248 g/mol. The summed E-state index contributed by atoms with van der Waals surface area (Å²) in [5, 5.41) is 3.54. The summed E-state index contributed by atoms with van der Waals surface area (Å²) in [5.74, 6) is 1.73. The zero-order valence-electron chi connectivity index (χ0n) is 13.1. The lowest BCUT2D eigenvalue weighted by Gasteiger charge is -2.33. The minimum absolute atomic E-state index is 0.617. The van der Waals surface area contributed by atoms with E-state index in [4.69, 9.17) is 4.98 Å². The average molecular weight is 276 g/mol. The maximum Gasteiger partial charge on any atom is 0.203 e. The number of nitrogens with zero attached hydrogens (tertiary/aromatic N) is 3. The van der Waals surface area contributed by atoms with Gasteiger partial charge in [-0.3, -0.25) is 4.90 Å². The van der Waals surface area contributed by atoms with Crippen molar-refractivity contribution in [3.63, 3.8) is 0 Å². The second-order valence-electron chi connectivity index (χ2n) is 6.84. The molecule has 2 saturated heterocycles. The first-order valence-electron chi connectivity index (χ1n) is 8.18. The van der Waals surface area contributed by atoms with E-state index in [9.17, 15) is 0 Å². The zero-order chi connectivity index (χ0) is 14.1.